The smallest absolute Gasteiger partial charge is 0.142 e. The molecule has 4 rings (SSSR count). The average molecular weight is 153 g/mol. The van der Waals surface area contributed by atoms with E-state index < -0.39 is 0 Å². The second-order valence-corrected chi connectivity index (χ2v) is 3.61. The van der Waals surface area contributed by atoms with Gasteiger partial charge in [-0.3, -0.25) is 0 Å². The highest BCUT2D eigenvalue weighted by molar-refractivity contribution is 5.64. The van der Waals surface area contributed by atoms with Gasteiger partial charge in [0.05, 0.1) is 24.8 Å². The summed E-state index contributed by atoms with van der Waals surface area (Å²) in [6.45, 7) is 0.884. The molecule has 1 aliphatic carbocycles. The Kier molecular flexibility index (Phi) is 1.08. The number of nitrogens with zero attached hydrogens (tertiary/aromatic N) is 1. The molecule has 60 valence electrons. The third-order valence-corrected chi connectivity index (χ3v) is 3.04. The summed E-state index contributed by atoms with van der Waals surface area (Å²) in [4.78, 5) is 5.28. The minimum Gasteiger partial charge on any atom is -0.392 e. The molecular formula is C8H11NO2. The first kappa shape index (κ1) is 6.00. The fourth-order valence-electron chi connectivity index (χ4n) is 2.39. The molecule has 2 bridgehead atoms. The fourth-order valence-corrected chi connectivity index (χ4v) is 2.39. The number of oxime groups is 1. The monoisotopic (exact) mass is 153 g/mol. The van der Waals surface area contributed by atoms with E-state index in [9.17, 15) is 0 Å². The summed E-state index contributed by atoms with van der Waals surface area (Å²) < 4.78 is 5.62. The van der Waals surface area contributed by atoms with Crippen LogP contribution in [-0.4, -0.2) is 25.0 Å². The first-order valence-electron chi connectivity index (χ1n) is 4.26. The van der Waals surface area contributed by atoms with E-state index in [0.717, 1.165) is 6.61 Å². The molecular weight excluding hydrogens is 142 g/mol. The van der Waals surface area contributed by atoms with Gasteiger partial charge in [0.1, 0.15) is 6.10 Å². The van der Waals surface area contributed by atoms with E-state index in [2.05, 4.69) is 5.16 Å². The Labute approximate surface area is 65.4 Å². The van der Waals surface area contributed by atoms with Gasteiger partial charge in [-0.05, 0) is 12.8 Å². The van der Waals surface area contributed by atoms with E-state index >= 15 is 0 Å². The number of ether oxygens (including phenoxy) is 1. The van der Waals surface area contributed by atoms with Crippen LogP contribution in [0, 0.1) is 11.8 Å². The average Bonchev–Trinajstić information content (AvgIpc) is 2.55. The first-order chi connectivity index (χ1) is 5.45. The molecule has 3 nitrogen and oxygen atoms in total. The van der Waals surface area contributed by atoms with Crippen LogP contribution in [0.5, 0.6) is 0 Å². The van der Waals surface area contributed by atoms with Crippen molar-refractivity contribution in [2.24, 2.45) is 17.0 Å². The zero-order valence-electron chi connectivity index (χ0n) is 6.27. The molecule has 0 amide bonds. The van der Waals surface area contributed by atoms with E-state index in [1.54, 1.807) is 0 Å². The third-order valence-electron chi connectivity index (χ3n) is 3.04. The molecule has 0 N–H and O–H groups in total. The lowest BCUT2D eigenvalue weighted by Gasteiger charge is -2.42. The highest BCUT2D eigenvalue weighted by Gasteiger charge is 2.47. The van der Waals surface area contributed by atoms with Crippen molar-refractivity contribution in [3.05, 3.63) is 0 Å². The van der Waals surface area contributed by atoms with Crippen molar-refractivity contribution in [1.82, 2.24) is 0 Å². The molecule has 0 unspecified atom stereocenters. The maximum Gasteiger partial charge on any atom is 0.142 e. The molecule has 0 aromatic carbocycles. The molecule has 2 saturated heterocycles. The molecule has 11 heavy (non-hydrogen) atoms. The first-order valence-corrected chi connectivity index (χ1v) is 4.26. The Balaban J connectivity index is 1.93. The molecule has 0 aromatic rings. The van der Waals surface area contributed by atoms with Crippen LogP contribution in [-0.2, 0) is 9.57 Å². The molecule has 4 aliphatic rings. The molecule has 3 aliphatic heterocycles. The van der Waals surface area contributed by atoms with Gasteiger partial charge in [0.2, 0.25) is 0 Å². The van der Waals surface area contributed by atoms with Gasteiger partial charge >= 0.3 is 0 Å². The van der Waals surface area contributed by atoms with Gasteiger partial charge in [0.25, 0.3) is 0 Å². The Morgan fingerprint density at radius 2 is 2.36 bits per heavy atom. The topological polar surface area (TPSA) is 30.8 Å². The molecule has 1 saturated carbocycles. The van der Waals surface area contributed by atoms with Crippen LogP contribution in [0.15, 0.2) is 5.16 Å². The van der Waals surface area contributed by atoms with Crippen molar-refractivity contribution in [3.63, 3.8) is 0 Å². The minimum atomic E-state index is 0.350. The molecule has 3 heterocycles. The van der Waals surface area contributed by atoms with E-state index in [1.165, 1.54) is 12.8 Å². The highest BCUT2D eigenvalue weighted by atomic mass is 16.6. The van der Waals surface area contributed by atoms with Crippen LogP contribution < -0.4 is 0 Å². The second-order valence-electron chi connectivity index (χ2n) is 3.61. The zero-order chi connectivity index (χ0) is 7.26. The lowest BCUT2D eigenvalue weighted by Crippen LogP contribution is -2.49. The maximum atomic E-state index is 5.62. The lowest BCUT2D eigenvalue weighted by atomic mass is 9.75. The van der Waals surface area contributed by atoms with Gasteiger partial charge in [-0.1, -0.05) is 5.16 Å². The zero-order valence-corrected chi connectivity index (χ0v) is 6.27. The standard InChI is InChI=1S/C8H11NO2/c1-2-7-6-3-9-11-8(6)5(1)4-10-7/h3,5-8H,1-2,4H2/t5-,6-,7-,8+/m0/s1. The summed E-state index contributed by atoms with van der Waals surface area (Å²) in [5.74, 6) is 1.06. The van der Waals surface area contributed by atoms with Gasteiger partial charge < -0.3 is 9.57 Å². The van der Waals surface area contributed by atoms with Crippen LogP contribution in [0.4, 0.5) is 0 Å². The van der Waals surface area contributed by atoms with Crippen LogP contribution in [0.25, 0.3) is 0 Å². The van der Waals surface area contributed by atoms with Gasteiger partial charge in [0, 0.05) is 5.92 Å². The van der Waals surface area contributed by atoms with Crippen LogP contribution in [0.2, 0.25) is 0 Å². The van der Waals surface area contributed by atoms with Gasteiger partial charge in [-0.25, -0.2) is 0 Å². The molecule has 0 spiro atoms. The van der Waals surface area contributed by atoms with Crippen molar-refractivity contribution < 1.29 is 9.57 Å². The molecule has 4 atom stereocenters. The number of rotatable bonds is 0. The molecule has 3 fully saturated rings. The lowest BCUT2D eigenvalue weighted by molar-refractivity contribution is -0.151. The van der Waals surface area contributed by atoms with Crippen molar-refractivity contribution in [2.75, 3.05) is 6.61 Å². The van der Waals surface area contributed by atoms with Crippen LogP contribution in [0.1, 0.15) is 12.8 Å². The van der Waals surface area contributed by atoms with Gasteiger partial charge in [-0.2, -0.15) is 0 Å². The third kappa shape index (κ3) is 0.692. The van der Waals surface area contributed by atoms with E-state index in [0.29, 0.717) is 24.0 Å². The van der Waals surface area contributed by atoms with E-state index in [4.69, 9.17) is 9.57 Å². The van der Waals surface area contributed by atoms with E-state index in [-0.39, 0.29) is 0 Å². The summed E-state index contributed by atoms with van der Waals surface area (Å²) in [5, 5.41) is 3.86. The second kappa shape index (κ2) is 1.97. The fraction of sp³-hybridized carbons (Fsp3) is 0.875. The Bertz CT molecular complexity index is 196. The maximum absolute atomic E-state index is 5.62. The van der Waals surface area contributed by atoms with Gasteiger partial charge in [0.15, 0.2) is 0 Å². The normalized spacial score (nSPS) is 52.4. The summed E-state index contributed by atoms with van der Waals surface area (Å²) >= 11 is 0. The molecule has 0 aromatic heterocycles. The Morgan fingerprint density at radius 1 is 1.36 bits per heavy atom. The SMILES string of the molecule is C1=NO[C@@H]2[C@H]3CC[C@H](OC3)[C@H]12. The summed E-state index contributed by atoms with van der Waals surface area (Å²) in [5.41, 5.74) is 0. The number of hydrogen-bond acceptors (Lipinski definition) is 3. The quantitative estimate of drug-likeness (QED) is 0.515. The van der Waals surface area contributed by atoms with Gasteiger partial charge in [-0.15, -0.1) is 0 Å². The highest BCUT2D eigenvalue weighted by Crippen LogP contribution is 2.40. The summed E-state index contributed by atoms with van der Waals surface area (Å²) in [7, 11) is 0. The summed E-state index contributed by atoms with van der Waals surface area (Å²) in [6.07, 6.45) is 5.12. The number of fused-ring (bicyclic) bond motifs is 2. The van der Waals surface area contributed by atoms with Crippen molar-refractivity contribution in [2.45, 2.75) is 25.0 Å². The molecule has 0 radical (unpaired) electrons. The van der Waals surface area contributed by atoms with Crippen molar-refractivity contribution in [3.8, 4) is 0 Å². The van der Waals surface area contributed by atoms with Crippen molar-refractivity contribution in [1.29, 1.82) is 0 Å². The minimum absolute atomic E-state index is 0.350. The van der Waals surface area contributed by atoms with Crippen LogP contribution >= 0.6 is 0 Å². The predicted octanol–water partition coefficient (Wildman–Crippen LogP) is 0.796. The Morgan fingerprint density at radius 3 is 3.09 bits per heavy atom. The van der Waals surface area contributed by atoms with Crippen molar-refractivity contribution >= 4 is 6.21 Å². The Hall–Kier alpha value is -0.570. The van der Waals surface area contributed by atoms with Crippen LogP contribution in [0.3, 0.4) is 0 Å². The number of hydrogen-bond donors (Lipinski definition) is 0. The van der Waals surface area contributed by atoms with E-state index in [1.807, 2.05) is 6.21 Å². The molecule has 3 heteroatoms. The largest absolute Gasteiger partial charge is 0.392 e. The summed E-state index contributed by atoms with van der Waals surface area (Å²) in [6, 6.07) is 0. The predicted molar refractivity (Wildman–Crippen MR) is 39.3 cm³/mol.